The third-order valence-electron chi connectivity index (χ3n) is 13.9. The number of amides is 1. The summed E-state index contributed by atoms with van der Waals surface area (Å²) >= 11 is 7.52. The van der Waals surface area contributed by atoms with E-state index in [0.717, 1.165) is 61.9 Å². The molecule has 3 aliphatic rings. The number of carbonyl (C=O) groups is 1. The van der Waals surface area contributed by atoms with E-state index >= 15 is 0 Å². The van der Waals surface area contributed by atoms with E-state index < -0.39 is 37.0 Å². The van der Waals surface area contributed by atoms with E-state index in [-0.39, 0.29) is 17.4 Å². The van der Waals surface area contributed by atoms with Gasteiger partial charge >= 0.3 is 0 Å². The first-order valence-electron chi connectivity index (χ1n) is 23.1. The topological polar surface area (TPSA) is 144 Å². The zero-order valence-corrected chi connectivity index (χ0v) is 40.9. The molecule has 13 heteroatoms. The standard InChI is InChI=1S/C54H58ClN3O7S2/c1-5-54(4)48(58(32-14-16-34-67(63,64)65)46-28-24-38-18-10-12-22-44(38)50(46)54)30-26-40-36-41(52(59)56-42-19-7-6-8-20-42)35-39(51(40)55)25-29-47-53(2,3)49-43-21-11-9-17-37(43)23-27-45(49)57(47)31-13-15-33-66(60,61)62/h6-12,17-30,41H,5,13-16,31-36H2,1-4H3,(H2-,56,59,60,61,62,63,64,65)/p+1. The Morgan fingerprint density at radius 1 is 0.761 bits per heavy atom. The van der Waals surface area contributed by atoms with Gasteiger partial charge in [-0.05, 0) is 128 Å². The highest BCUT2D eigenvalue weighted by Crippen LogP contribution is 2.53. The fraction of sp³-hybridized carbons (Fsp3) is 0.333. The van der Waals surface area contributed by atoms with Crippen molar-refractivity contribution in [2.45, 2.75) is 83.5 Å². The molecule has 67 heavy (non-hydrogen) atoms. The van der Waals surface area contributed by atoms with Crippen LogP contribution in [0.1, 0.15) is 83.8 Å². The van der Waals surface area contributed by atoms with Crippen LogP contribution in [0.5, 0.6) is 0 Å². The van der Waals surface area contributed by atoms with Gasteiger partial charge in [0.05, 0.1) is 16.9 Å². The second-order valence-corrected chi connectivity index (χ2v) is 22.2. The summed E-state index contributed by atoms with van der Waals surface area (Å²) in [5.41, 5.74) is 7.94. The third-order valence-corrected chi connectivity index (χ3v) is 16.0. The molecule has 2 unspecified atom stereocenters. The number of allylic oxidation sites excluding steroid dienone is 8. The van der Waals surface area contributed by atoms with E-state index in [1.165, 1.54) is 11.1 Å². The van der Waals surface area contributed by atoms with Gasteiger partial charge < -0.3 is 10.2 Å². The Morgan fingerprint density at radius 2 is 1.37 bits per heavy atom. The molecule has 0 aromatic heterocycles. The molecule has 2 atom stereocenters. The molecule has 8 rings (SSSR count). The third kappa shape index (κ3) is 10.1. The van der Waals surface area contributed by atoms with E-state index in [0.29, 0.717) is 62.3 Å². The van der Waals surface area contributed by atoms with Gasteiger partial charge in [0.15, 0.2) is 5.71 Å². The second kappa shape index (κ2) is 19.3. The zero-order valence-electron chi connectivity index (χ0n) is 38.5. The van der Waals surface area contributed by atoms with Gasteiger partial charge in [0.1, 0.15) is 6.54 Å². The van der Waals surface area contributed by atoms with Gasteiger partial charge in [0.2, 0.25) is 11.6 Å². The summed E-state index contributed by atoms with van der Waals surface area (Å²) in [5, 5.41) is 8.23. The normalized spacial score (nSPS) is 20.8. The van der Waals surface area contributed by atoms with Gasteiger partial charge in [-0.1, -0.05) is 103 Å². The molecule has 1 aliphatic carbocycles. The van der Waals surface area contributed by atoms with Gasteiger partial charge in [0, 0.05) is 64.1 Å². The minimum Gasteiger partial charge on any atom is -0.344 e. The Morgan fingerprint density at radius 3 is 2.03 bits per heavy atom. The summed E-state index contributed by atoms with van der Waals surface area (Å²) in [7, 11) is -8.21. The van der Waals surface area contributed by atoms with Crippen molar-refractivity contribution in [1.29, 1.82) is 0 Å². The Balaban J connectivity index is 1.22. The van der Waals surface area contributed by atoms with Crippen molar-refractivity contribution in [1.82, 2.24) is 0 Å². The molecule has 10 nitrogen and oxygen atoms in total. The summed E-state index contributed by atoms with van der Waals surface area (Å²) in [5.74, 6) is -1.20. The summed E-state index contributed by atoms with van der Waals surface area (Å²) < 4.78 is 68.0. The van der Waals surface area contributed by atoms with Crippen LogP contribution in [-0.2, 0) is 35.9 Å². The molecule has 0 fully saturated rings. The van der Waals surface area contributed by atoms with Crippen LogP contribution < -0.4 is 10.2 Å². The summed E-state index contributed by atoms with van der Waals surface area (Å²) in [6.45, 7) is 9.88. The van der Waals surface area contributed by atoms with Crippen LogP contribution in [-0.4, -0.2) is 66.7 Å². The number of fused-ring (bicyclic) bond motifs is 6. The molecule has 350 valence electrons. The molecule has 1 amide bonds. The highest BCUT2D eigenvalue weighted by atomic mass is 35.5. The monoisotopic (exact) mass is 960 g/mol. The molecule has 0 saturated carbocycles. The smallest absolute Gasteiger partial charge is 0.264 e. The molecule has 2 heterocycles. The predicted molar refractivity (Wildman–Crippen MR) is 273 cm³/mol. The number of benzene rings is 5. The lowest BCUT2D eigenvalue weighted by molar-refractivity contribution is -0.438. The van der Waals surface area contributed by atoms with Crippen LogP contribution in [0.25, 0.3) is 21.5 Å². The first-order valence-corrected chi connectivity index (χ1v) is 26.7. The highest BCUT2D eigenvalue weighted by molar-refractivity contribution is 7.86. The number of para-hydroxylation sites is 1. The molecular weight excluding hydrogens is 902 g/mol. The van der Waals surface area contributed by atoms with Crippen LogP contribution in [0.4, 0.5) is 17.1 Å². The maximum absolute atomic E-state index is 14.2. The number of halogens is 1. The van der Waals surface area contributed by atoms with Crippen molar-refractivity contribution in [3.8, 4) is 0 Å². The lowest BCUT2D eigenvalue weighted by Gasteiger charge is -2.30. The Kier molecular flexibility index (Phi) is 13.9. The van der Waals surface area contributed by atoms with Crippen molar-refractivity contribution in [2.75, 3.05) is 34.8 Å². The molecule has 5 aromatic carbocycles. The largest absolute Gasteiger partial charge is 0.344 e. The predicted octanol–water partition coefficient (Wildman–Crippen LogP) is 11.8. The Labute approximate surface area is 399 Å². The lowest BCUT2D eigenvalue weighted by Crippen LogP contribution is -2.29. The van der Waals surface area contributed by atoms with E-state index in [9.17, 15) is 30.7 Å². The van der Waals surface area contributed by atoms with Gasteiger partial charge in [0.25, 0.3) is 20.2 Å². The van der Waals surface area contributed by atoms with Crippen LogP contribution in [0.3, 0.4) is 0 Å². The minimum absolute atomic E-state index is 0.119. The molecule has 0 saturated heterocycles. The highest BCUT2D eigenvalue weighted by Gasteiger charge is 2.46. The van der Waals surface area contributed by atoms with E-state index in [2.05, 4.69) is 115 Å². The maximum Gasteiger partial charge on any atom is 0.264 e. The number of nitrogens with one attached hydrogen (secondary N) is 1. The Bertz CT molecular complexity index is 3140. The van der Waals surface area contributed by atoms with Gasteiger partial charge in [-0.3, -0.25) is 13.9 Å². The van der Waals surface area contributed by atoms with Gasteiger partial charge in [-0.15, -0.1) is 0 Å². The summed E-state index contributed by atoms with van der Waals surface area (Å²) in [4.78, 5) is 16.5. The zero-order chi connectivity index (χ0) is 47.7. The number of nitrogens with zero attached hydrogens (tertiary/aromatic N) is 2. The SMILES string of the molecule is CCC1(C)C(=CC=C2CC(C(=O)Nc3ccccc3)CC(C=CC3=[N+](CCCCS(=O)(=O)O)c4ccc5ccccc5c4C3(C)C)=C2Cl)N(CCCCS(=O)(=O)O)c2ccc3ccccc3c21. The fourth-order valence-corrected chi connectivity index (χ4v) is 11.9. The summed E-state index contributed by atoms with van der Waals surface area (Å²) in [6, 6.07) is 34.6. The number of unbranched alkanes of at least 4 members (excludes halogenated alkanes) is 2. The van der Waals surface area contributed by atoms with Crippen molar-refractivity contribution in [3.05, 3.63) is 160 Å². The fourth-order valence-electron chi connectivity index (χ4n) is 10.5. The van der Waals surface area contributed by atoms with Crippen molar-refractivity contribution in [3.63, 3.8) is 0 Å². The minimum atomic E-state index is -4.11. The molecule has 3 N–H and O–H groups in total. The second-order valence-electron chi connectivity index (χ2n) is 18.7. The van der Waals surface area contributed by atoms with Gasteiger partial charge in [-0.25, -0.2) is 0 Å². The van der Waals surface area contributed by atoms with Crippen LogP contribution in [0, 0.1) is 5.92 Å². The maximum atomic E-state index is 14.2. The van der Waals surface area contributed by atoms with Crippen LogP contribution >= 0.6 is 11.6 Å². The molecule has 5 aromatic rings. The number of carbonyl (C=O) groups excluding carboxylic acids is 1. The van der Waals surface area contributed by atoms with Crippen molar-refractivity contribution in [2.24, 2.45) is 5.92 Å². The number of rotatable bonds is 16. The van der Waals surface area contributed by atoms with Crippen LogP contribution in [0.15, 0.2) is 149 Å². The van der Waals surface area contributed by atoms with E-state index in [1.54, 1.807) is 0 Å². The molecule has 2 aliphatic heterocycles. The molecule has 0 bridgehead atoms. The van der Waals surface area contributed by atoms with Crippen LogP contribution in [0.2, 0.25) is 0 Å². The quantitative estimate of drug-likeness (QED) is 0.0504. The number of hydrogen-bond acceptors (Lipinski definition) is 6. The van der Waals surface area contributed by atoms with Crippen molar-refractivity contribution < 1.29 is 35.3 Å². The first-order chi connectivity index (χ1) is 31.9. The van der Waals surface area contributed by atoms with Crippen molar-refractivity contribution >= 4 is 82.1 Å². The summed E-state index contributed by atoms with van der Waals surface area (Å²) in [6.07, 6.45) is 11.5. The first kappa shape index (κ1) is 48.1. The number of hydrogen-bond donors (Lipinski definition) is 3. The lowest BCUT2D eigenvalue weighted by atomic mass is 9.77. The molecular formula is C54H59ClN3O7S2+. The number of anilines is 2. The Hall–Kier alpha value is -5.37. The average molecular weight is 962 g/mol. The van der Waals surface area contributed by atoms with E-state index in [1.807, 2.05) is 54.6 Å². The molecule has 0 spiro atoms. The average Bonchev–Trinajstić information content (AvgIpc) is 3.67. The van der Waals surface area contributed by atoms with Gasteiger partial charge in [-0.2, -0.15) is 21.4 Å². The molecule has 0 radical (unpaired) electrons. The van der Waals surface area contributed by atoms with E-state index in [4.69, 9.17) is 11.6 Å².